The second-order valence-corrected chi connectivity index (χ2v) is 7.00. The highest BCUT2D eigenvalue weighted by Gasteiger charge is 2.21. The Morgan fingerprint density at radius 1 is 1.14 bits per heavy atom. The van der Waals surface area contributed by atoms with Gasteiger partial charge in [-0.2, -0.15) is 0 Å². The number of aryl methyl sites for hydroxylation is 1. The number of fused-ring (bicyclic) bond motifs is 1. The molecule has 0 unspecified atom stereocenters. The lowest BCUT2D eigenvalue weighted by molar-refractivity contribution is -0.117. The molecule has 0 aromatic heterocycles. The summed E-state index contributed by atoms with van der Waals surface area (Å²) in [6, 6.07) is 16.2. The number of methoxy groups -OCH3 is 1. The molecule has 0 aliphatic carbocycles. The van der Waals surface area contributed by atoms with Crippen LogP contribution in [0.15, 0.2) is 53.5 Å². The Morgan fingerprint density at radius 2 is 1.93 bits per heavy atom. The van der Waals surface area contributed by atoms with Crippen molar-refractivity contribution in [2.45, 2.75) is 26.2 Å². The monoisotopic (exact) mass is 394 g/mol. The minimum atomic E-state index is 0.0320. The van der Waals surface area contributed by atoms with Gasteiger partial charge in [0.15, 0.2) is 5.96 Å². The maximum atomic E-state index is 12.8. The van der Waals surface area contributed by atoms with Gasteiger partial charge in [0.05, 0.1) is 7.11 Å². The van der Waals surface area contributed by atoms with Crippen LogP contribution in [0.5, 0.6) is 5.75 Å². The van der Waals surface area contributed by atoms with Crippen LogP contribution in [0.25, 0.3) is 0 Å². The molecule has 3 rings (SSSR count). The largest absolute Gasteiger partial charge is 0.497 e. The molecule has 1 aliphatic heterocycles. The first kappa shape index (κ1) is 20.7. The lowest BCUT2D eigenvalue weighted by Crippen LogP contribution is -2.41. The van der Waals surface area contributed by atoms with Crippen LogP contribution in [0.2, 0.25) is 0 Å². The van der Waals surface area contributed by atoms with Gasteiger partial charge >= 0.3 is 0 Å². The van der Waals surface area contributed by atoms with Gasteiger partial charge in [-0.15, -0.1) is 0 Å². The van der Waals surface area contributed by atoms with Crippen LogP contribution in [0.1, 0.15) is 24.5 Å². The topological polar surface area (TPSA) is 66.0 Å². The third-order valence-electron chi connectivity index (χ3n) is 4.99. The lowest BCUT2D eigenvalue weighted by atomic mass is 10.0. The van der Waals surface area contributed by atoms with Gasteiger partial charge in [-0.3, -0.25) is 4.79 Å². The molecular formula is C23H30N4O2. The molecule has 2 aromatic carbocycles. The van der Waals surface area contributed by atoms with E-state index >= 15 is 0 Å². The molecule has 0 saturated carbocycles. The second-order valence-electron chi connectivity index (χ2n) is 7.00. The van der Waals surface area contributed by atoms with Crippen molar-refractivity contribution in [3.63, 3.8) is 0 Å². The molecule has 0 bridgehead atoms. The van der Waals surface area contributed by atoms with Crippen molar-refractivity contribution in [2.75, 3.05) is 38.2 Å². The Balaban J connectivity index is 1.55. The number of hydrogen-bond acceptors (Lipinski definition) is 3. The van der Waals surface area contributed by atoms with E-state index in [4.69, 9.17) is 4.74 Å². The van der Waals surface area contributed by atoms with Gasteiger partial charge in [0, 0.05) is 25.3 Å². The van der Waals surface area contributed by atoms with Crippen LogP contribution in [0.4, 0.5) is 5.69 Å². The zero-order valence-electron chi connectivity index (χ0n) is 17.3. The van der Waals surface area contributed by atoms with Crippen LogP contribution >= 0.6 is 0 Å². The summed E-state index contributed by atoms with van der Waals surface area (Å²) >= 11 is 0. The van der Waals surface area contributed by atoms with E-state index in [0.29, 0.717) is 5.96 Å². The Labute approximate surface area is 173 Å². The number of benzene rings is 2. The molecule has 1 aliphatic rings. The smallest absolute Gasteiger partial charge is 0.248 e. The van der Waals surface area contributed by atoms with Crippen molar-refractivity contribution in [3.8, 4) is 5.75 Å². The van der Waals surface area contributed by atoms with Crippen molar-refractivity contribution in [1.29, 1.82) is 0 Å². The molecule has 0 saturated heterocycles. The number of rotatable bonds is 7. The van der Waals surface area contributed by atoms with E-state index in [-0.39, 0.29) is 12.5 Å². The number of carbonyl (C=O) groups excluding carboxylic acids is 1. The predicted molar refractivity (Wildman–Crippen MR) is 118 cm³/mol. The fraction of sp³-hybridized carbons (Fsp3) is 0.391. The molecule has 2 N–H and O–H groups in total. The first-order chi connectivity index (χ1) is 14.2. The van der Waals surface area contributed by atoms with E-state index in [0.717, 1.165) is 50.3 Å². The minimum Gasteiger partial charge on any atom is -0.497 e. The Kier molecular flexibility index (Phi) is 7.50. The van der Waals surface area contributed by atoms with Gasteiger partial charge in [0.2, 0.25) is 5.91 Å². The van der Waals surface area contributed by atoms with Crippen molar-refractivity contribution in [3.05, 3.63) is 59.7 Å². The Morgan fingerprint density at radius 3 is 2.69 bits per heavy atom. The Bertz CT molecular complexity index is 833. The lowest BCUT2D eigenvalue weighted by Gasteiger charge is -2.29. The number of hydrogen-bond donors (Lipinski definition) is 2. The summed E-state index contributed by atoms with van der Waals surface area (Å²) in [5, 5.41) is 6.52. The van der Waals surface area contributed by atoms with Crippen molar-refractivity contribution < 1.29 is 9.53 Å². The van der Waals surface area contributed by atoms with Gasteiger partial charge in [0.25, 0.3) is 0 Å². The van der Waals surface area contributed by atoms with E-state index in [2.05, 4.69) is 33.8 Å². The third-order valence-corrected chi connectivity index (χ3v) is 4.99. The number of ether oxygens (including phenoxy) is 1. The number of carbonyl (C=O) groups is 1. The molecule has 1 amide bonds. The molecule has 29 heavy (non-hydrogen) atoms. The molecular weight excluding hydrogens is 364 g/mol. The number of amides is 1. The van der Waals surface area contributed by atoms with Crippen molar-refractivity contribution in [2.24, 2.45) is 4.99 Å². The van der Waals surface area contributed by atoms with Gasteiger partial charge < -0.3 is 20.3 Å². The highest BCUT2D eigenvalue weighted by Crippen LogP contribution is 2.26. The molecule has 154 valence electrons. The zero-order valence-corrected chi connectivity index (χ0v) is 17.3. The maximum absolute atomic E-state index is 12.8. The standard InChI is InChI=1S/C23H30N4O2/c1-3-24-23(25-15-14-18-10-12-20(29-2)13-11-18)26-17-22(28)27-16-6-8-19-7-4-5-9-21(19)27/h4-5,7,9-13H,3,6,8,14-17H2,1-2H3,(H2,24,25,26). The van der Waals surface area contributed by atoms with Crippen molar-refractivity contribution in [1.82, 2.24) is 10.6 Å². The Hall–Kier alpha value is -3.02. The molecule has 6 heteroatoms. The molecule has 0 fully saturated rings. The summed E-state index contributed by atoms with van der Waals surface area (Å²) in [6.07, 6.45) is 2.88. The fourth-order valence-corrected chi connectivity index (χ4v) is 3.48. The van der Waals surface area contributed by atoms with Crippen LogP contribution in [-0.4, -0.2) is 45.2 Å². The summed E-state index contributed by atoms with van der Waals surface area (Å²) in [7, 11) is 1.67. The summed E-state index contributed by atoms with van der Waals surface area (Å²) < 4.78 is 5.19. The van der Waals surface area contributed by atoms with Crippen LogP contribution in [0, 0.1) is 0 Å². The van der Waals surface area contributed by atoms with E-state index in [1.54, 1.807) is 7.11 Å². The normalized spacial score (nSPS) is 13.6. The molecule has 1 heterocycles. The van der Waals surface area contributed by atoms with Crippen molar-refractivity contribution >= 4 is 17.6 Å². The molecule has 2 aromatic rings. The van der Waals surface area contributed by atoms with E-state index in [1.165, 1.54) is 11.1 Å². The molecule has 0 radical (unpaired) electrons. The summed E-state index contributed by atoms with van der Waals surface area (Å²) in [6.45, 7) is 4.39. The number of nitrogens with zero attached hydrogens (tertiary/aromatic N) is 2. The molecule has 0 spiro atoms. The first-order valence-electron chi connectivity index (χ1n) is 10.2. The predicted octanol–water partition coefficient (Wildman–Crippen LogP) is 2.77. The average molecular weight is 395 g/mol. The third kappa shape index (κ3) is 5.73. The number of guanidine groups is 1. The van der Waals surface area contributed by atoms with E-state index in [9.17, 15) is 4.79 Å². The number of nitrogens with one attached hydrogen (secondary N) is 2. The number of para-hydroxylation sites is 1. The van der Waals surface area contributed by atoms with Gasteiger partial charge in [-0.05, 0) is 55.5 Å². The summed E-state index contributed by atoms with van der Waals surface area (Å²) in [5.74, 6) is 1.55. The minimum absolute atomic E-state index is 0.0320. The fourth-order valence-electron chi connectivity index (χ4n) is 3.48. The highest BCUT2D eigenvalue weighted by molar-refractivity contribution is 5.97. The van der Waals surface area contributed by atoms with Crippen LogP contribution in [0.3, 0.4) is 0 Å². The van der Waals surface area contributed by atoms with Gasteiger partial charge in [-0.25, -0.2) is 4.99 Å². The average Bonchev–Trinajstić information content (AvgIpc) is 2.77. The summed E-state index contributed by atoms with van der Waals surface area (Å²) in [5.41, 5.74) is 3.48. The SMILES string of the molecule is CCNC(=NCC(=O)N1CCCc2ccccc21)NCCc1ccc(OC)cc1. The van der Waals surface area contributed by atoms with E-state index < -0.39 is 0 Å². The maximum Gasteiger partial charge on any atom is 0.248 e. The van der Waals surface area contributed by atoms with E-state index in [1.807, 2.05) is 42.2 Å². The van der Waals surface area contributed by atoms with Gasteiger partial charge in [0.1, 0.15) is 12.3 Å². The zero-order chi connectivity index (χ0) is 20.5. The number of aliphatic imine (C=N–C) groups is 1. The second kappa shape index (κ2) is 10.5. The molecule has 0 atom stereocenters. The highest BCUT2D eigenvalue weighted by atomic mass is 16.5. The summed E-state index contributed by atoms with van der Waals surface area (Å²) in [4.78, 5) is 19.1. The molecule has 6 nitrogen and oxygen atoms in total. The van der Waals surface area contributed by atoms with Gasteiger partial charge in [-0.1, -0.05) is 30.3 Å². The van der Waals surface area contributed by atoms with Crippen LogP contribution < -0.4 is 20.3 Å². The quantitative estimate of drug-likeness (QED) is 0.560. The van der Waals surface area contributed by atoms with Crippen LogP contribution in [-0.2, 0) is 17.6 Å². The first-order valence-corrected chi connectivity index (χ1v) is 10.2. The number of anilines is 1.